The number of esters is 1. The number of hydrogen-bond acceptors (Lipinski definition) is 8. The Labute approximate surface area is 206 Å². The number of methoxy groups -OCH3 is 1. The van der Waals surface area contributed by atoms with Gasteiger partial charge in [0.1, 0.15) is 24.1 Å². The number of carbonyl (C=O) groups excluding carboxylic acids is 1. The molecular formula is C24H28ClF2N5O3. The van der Waals surface area contributed by atoms with Crippen LogP contribution in [-0.4, -0.2) is 77.4 Å². The quantitative estimate of drug-likeness (QED) is 0.449. The van der Waals surface area contributed by atoms with E-state index in [0.717, 1.165) is 38.6 Å². The third-order valence-corrected chi connectivity index (χ3v) is 8.70. The summed E-state index contributed by atoms with van der Waals surface area (Å²) < 4.78 is 40.5. The average molecular weight is 508 g/mol. The normalized spacial score (nSPS) is 32.3. The smallest absolute Gasteiger partial charge is 0.319 e. The highest BCUT2D eigenvalue weighted by Gasteiger charge is 2.52. The first-order valence-corrected chi connectivity index (χ1v) is 12.6. The molecule has 2 bridgehead atoms. The highest BCUT2D eigenvalue weighted by molar-refractivity contribution is 6.30. The molecule has 0 N–H and O–H groups in total. The van der Waals surface area contributed by atoms with Crippen LogP contribution < -0.4 is 9.64 Å². The lowest BCUT2D eigenvalue weighted by molar-refractivity contribution is -0.152. The van der Waals surface area contributed by atoms with Crippen LogP contribution in [0.4, 0.5) is 14.6 Å². The molecule has 0 amide bonds. The van der Waals surface area contributed by atoms with Crippen molar-refractivity contribution in [2.24, 2.45) is 11.3 Å². The number of halogens is 3. The van der Waals surface area contributed by atoms with Gasteiger partial charge in [-0.1, -0.05) is 11.6 Å². The van der Waals surface area contributed by atoms with Crippen molar-refractivity contribution in [1.29, 1.82) is 0 Å². The third kappa shape index (κ3) is 3.71. The van der Waals surface area contributed by atoms with E-state index in [1.807, 2.05) is 4.90 Å². The molecular weight excluding hydrogens is 480 g/mol. The van der Waals surface area contributed by atoms with Gasteiger partial charge in [0.15, 0.2) is 11.0 Å². The molecule has 4 fully saturated rings. The summed E-state index contributed by atoms with van der Waals surface area (Å²) in [6.45, 7) is 2.57. The number of fused-ring (bicyclic) bond motifs is 4. The molecule has 2 aromatic heterocycles. The Hall–Kier alpha value is -2.33. The lowest BCUT2D eigenvalue weighted by Crippen LogP contribution is -2.48. The Bertz CT molecular complexity index is 1190. The van der Waals surface area contributed by atoms with Crippen molar-refractivity contribution in [3.8, 4) is 6.01 Å². The van der Waals surface area contributed by atoms with E-state index in [0.29, 0.717) is 43.2 Å². The van der Waals surface area contributed by atoms with Crippen LogP contribution >= 0.6 is 11.6 Å². The molecule has 1 saturated carbocycles. The van der Waals surface area contributed by atoms with Gasteiger partial charge in [-0.05, 0) is 44.6 Å². The number of anilines is 1. The second kappa shape index (κ2) is 8.37. The van der Waals surface area contributed by atoms with Crippen LogP contribution in [0.25, 0.3) is 10.9 Å². The van der Waals surface area contributed by atoms with Gasteiger partial charge in [0, 0.05) is 32.3 Å². The summed E-state index contributed by atoms with van der Waals surface area (Å²) in [5, 5.41) is 0.125. The first kappa shape index (κ1) is 23.1. The summed E-state index contributed by atoms with van der Waals surface area (Å²) in [5.74, 6) is -0.211. The number of aromatic nitrogens is 3. The second-order valence-corrected chi connectivity index (χ2v) is 10.9. The Morgan fingerprint density at radius 1 is 1.29 bits per heavy atom. The zero-order chi connectivity index (χ0) is 24.4. The standard InChI is InChI=1S/C24H28ClF2N5O3/c1-34-21(33)23-5-3-14(7-23)10-31(12-23)20-16-9-28-19(25)17(27)18(16)29-22(30-20)35-13-24-4-2-6-32(24)11-15(26)8-24/h9,14-15H,2-8,10-13H2,1H3/t14?,15-,23?,24+/m1/s1. The number of carbonyl (C=O) groups is 1. The first-order chi connectivity index (χ1) is 16.8. The largest absolute Gasteiger partial charge is 0.469 e. The fourth-order valence-electron chi connectivity index (χ4n) is 6.86. The van der Waals surface area contributed by atoms with Gasteiger partial charge in [0.2, 0.25) is 0 Å². The highest BCUT2D eigenvalue weighted by atomic mass is 35.5. The number of piperidine rings is 1. The summed E-state index contributed by atoms with van der Waals surface area (Å²) >= 11 is 5.98. The average Bonchev–Trinajstić information content (AvgIpc) is 3.48. The molecule has 35 heavy (non-hydrogen) atoms. The van der Waals surface area contributed by atoms with E-state index in [1.165, 1.54) is 13.3 Å². The zero-order valence-electron chi connectivity index (χ0n) is 19.6. The second-order valence-electron chi connectivity index (χ2n) is 10.6. The van der Waals surface area contributed by atoms with Crippen molar-refractivity contribution in [2.45, 2.75) is 50.2 Å². The molecule has 2 unspecified atom stereocenters. The van der Waals surface area contributed by atoms with Crippen LogP contribution in [-0.2, 0) is 9.53 Å². The predicted octanol–water partition coefficient (Wildman–Crippen LogP) is 3.55. The number of rotatable bonds is 5. The molecule has 0 spiro atoms. The van der Waals surface area contributed by atoms with Gasteiger partial charge in [-0.25, -0.2) is 13.8 Å². The summed E-state index contributed by atoms with van der Waals surface area (Å²) in [4.78, 5) is 29.8. The van der Waals surface area contributed by atoms with Gasteiger partial charge in [0.05, 0.1) is 23.4 Å². The number of alkyl halides is 1. The molecule has 8 nitrogen and oxygen atoms in total. The van der Waals surface area contributed by atoms with E-state index >= 15 is 4.39 Å². The number of hydrogen-bond donors (Lipinski definition) is 0. The van der Waals surface area contributed by atoms with Crippen molar-refractivity contribution in [1.82, 2.24) is 19.9 Å². The molecule has 188 valence electrons. The molecule has 4 atom stereocenters. The van der Waals surface area contributed by atoms with Crippen molar-refractivity contribution in [3.63, 3.8) is 0 Å². The van der Waals surface area contributed by atoms with Crippen LogP contribution in [0, 0.1) is 17.2 Å². The molecule has 5 heterocycles. The molecule has 0 aromatic carbocycles. The van der Waals surface area contributed by atoms with Gasteiger partial charge in [-0.2, -0.15) is 9.97 Å². The Kier molecular flexibility index (Phi) is 5.52. The van der Waals surface area contributed by atoms with Gasteiger partial charge in [0.25, 0.3) is 0 Å². The Balaban J connectivity index is 1.37. The van der Waals surface area contributed by atoms with Crippen LogP contribution in [0.5, 0.6) is 6.01 Å². The third-order valence-electron chi connectivity index (χ3n) is 8.43. The lowest BCUT2D eigenvalue weighted by Gasteiger charge is -2.39. The van der Waals surface area contributed by atoms with Crippen LogP contribution in [0.3, 0.4) is 0 Å². The minimum Gasteiger partial charge on any atom is -0.469 e. The van der Waals surface area contributed by atoms with E-state index in [9.17, 15) is 9.18 Å². The number of nitrogens with zero attached hydrogens (tertiary/aromatic N) is 5. The highest BCUT2D eigenvalue weighted by Crippen LogP contribution is 2.49. The minimum atomic E-state index is -0.882. The van der Waals surface area contributed by atoms with Crippen molar-refractivity contribution in [2.75, 3.05) is 44.8 Å². The zero-order valence-corrected chi connectivity index (χ0v) is 20.4. The van der Waals surface area contributed by atoms with E-state index < -0.39 is 17.4 Å². The molecule has 6 rings (SSSR count). The summed E-state index contributed by atoms with van der Waals surface area (Å²) in [7, 11) is 1.41. The number of ether oxygens (including phenoxy) is 2. The minimum absolute atomic E-state index is 0.0160. The topological polar surface area (TPSA) is 80.7 Å². The van der Waals surface area contributed by atoms with Gasteiger partial charge in [-0.15, -0.1) is 0 Å². The van der Waals surface area contributed by atoms with Crippen molar-refractivity contribution < 1.29 is 23.0 Å². The van der Waals surface area contributed by atoms with E-state index in [1.54, 1.807) is 0 Å². The molecule has 11 heteroatoms. The van der Waals surface area contributed by atoms with Crippen LogP contribution in [0.1, 0.15) is 38.5 Å². The molecule has 1 aliphatic carbocycles. The van der Waals surface area contributed by atoms with Crippen molar-refractivity contribution >= 4 is 34.3 Å². The van der Waals surface area contributed by atoms with Gasteiger partial charge < -0.3 is 14.4 Å². The summed E-state index contributed by atoms with van der Waals surface area (Å²) in [6.07, 6.45) is 5.24. The maximum atomic E-state index is 15.1. The monoisotopic (exact) mass is 507 g/mol. The Morgan fingerprint density at radius 3 is 2.97 bits per heavy atom. The maximum absolute atomic E-state index is 15.1. The van der Waals surface area contributed by atoms with E-state index in [-0.39, 0.29) is 34.8 Å². The fraction of sp³-hybridized carbons (Fsp3) is 0.667. The predicted molar refractivity (Wildman–Crippen MR) is 125 cm³/mol. The maximum Gasteiger partial charge on any atom is 0.319 e. The summed E-state index contributed by atoms with van der Waals surface area (Å²) in [6, 6.07) is 0.0160. The van der Waals surface area contributed by atoms with E-state index in [2.05, 4.69) is 19.9 Å². The SMILES string of the molecule is COC(=O)C12CCC(CN(c3nc(OC[C@@]45CCCN4C[C@H](F)C5)nc4c(F)c(Cl)ncc34)C1)C2. The van der Waals surface area contributed by atoms with Crippen LogP contribution in [0.15, 0.2) is 6.20 Å². The van der Waals surface area contributed by atoms with Gasteiger partial charge >= 0.3 is 12.0 Å². The Morgan fingerprint density at radius 2 is 2.14 bits per heavy atom. The first-order valence-electron chi connectivity index (χ1n) is 12.2. The molecule has 4 aliphatic rings. The molecule has 3 aliphatic heterocycles. The van der Waals surface area contributed by atoms with Crippen LogP contribution in [0.2, 0.25) is 5.15 Å². The van der Waals surface area contributed by atoms with E-state index in [4.69, 9.17) is 21.1 Å². The van der Waals surface area contributed by atoms with Crippen molar-refractivity contribution in [3.05, 3.63) is 17.2 Å². The number of pyridine rings is 1. The molecule has 2 aromatic rings. The molecule has 0 radical (unpaired) electrons. The van der Waals surface area contributed by atoms with Gasteiger partial charge in [-0.3, -0.25) is 9.69 Å². The molecule has 3 saturated heterocycles. The lowest BCUT2D eigenvalue weighted by atomic mass is 9.82. The fourth-order valence-corrected chi connectivity index (χ4v) is 7.00. The summed E-state index contributed by atoms with van der Waals surface area (Å²) in [5.41, 5.74) is -0.978.